The van der Waals surface area contributed by atoms with Crippen molar-refractivity contribution in [3.8, 4) is 0 Å². The zero-order valence-electron chi connectivity index (χ0n) is 11.3. The second kappa shape index (κ2) is 7.38. The fourth-order valence-corrected chi connectivity index (χ4v) is 2.73. The van der Waals surface area contributed by atoms with E-state index in [1.807, 2.05) is 0 Å². The Morgan fingerprint density at radius 2 is 1.89 bits per heavy atom. The van der Waals surface area contributed by atoms with Crippen LogP contribution in [0.3, 0.4) is 0 Å². The van der Waals surface area contributed by atoms with Gasteiger partial charge in [-0.2, -0.15) is 0 Å². The summed E-state index contributed by atoms with van der Waals surface area (Å²) in [7, 11) is 0. The van der Waals surface area contributed by atoms with Crippen LogP contribution in [0.4, 0.5) is 0 Å². The third-order valence-electron chi connectivity index (χ3n) is 3.88. The van der Waals surface area contributed by atoms with Crippen molar-refractivity contribution < 1.29 is 0 Å². The molecule has 0 bridgehead atoms. The van der Waals surface area contributed by atoms with E-state index < -0.39 is 0 Å². The number of hydrogen-bond acceptors (Lipinski definition) is 1. The molecule has 0 saturated carbocycles. The SMILES string of the molecule is NC(CCCc1ccccc1)C1=CCCCCC1. The molecule has 0 radical (unpaired) electrons. The highest BCUT2D eigenvalue weighted by Crippen LogP contribution is 2.21. The normalized spacial score (nSPS) is 17.9. The molecule has 1 aromatic carbocycles. The van der Waals surface area contributed by atoms with E-state index in [4.69, 9.17) is 5.73 Å². The van der Waals surface area contributed by atoms with E-state index in [0.717, 1.165) is 12.8 Å². The van der Waals surface area contributed by atoms with Crippen LogP contribution in [-0.4, -0.2) is 6.04 Å². The Morgan fingerprint density at radius 3 is 2.72 bits per heavy atom. The highest BCUT2D eigenvalue weighted by molar-refractivity contribution is 5.15. The lowest BCUT2D eigenvalue weighted by molar-refractivity contribution is 0.612. The van der Waals surface area contributed by atoms with Crippen LogP contribution >= 0.6 is 0 Å². The first-order chi connectivity index (χ1) is 8.86. The van der Waals surface area contributed by atoms with E-state index in [-0.39, 0.29) is 0 Å². The Kier molecular flexibility index (Phi) is 5.47. The van der Waals surface area contributed by atoms with Crippen molar-refractivity contribution in [2.45, 2.75) is 57.4 Å². The lowest BCUT2D eigenvalue weighted by atomic mass is 9.97. The second-order valence-corrected chi connectivity index (χ2v) is 5.36. The molecule has 0 spiro atoms. The first-order valence-corrected chi connectivity index (χ1v) is 7.34. The summed E-state index contributed by atoms with van der Waals surface area (Å²) in [5, 5.41) is 0. The van der Waals surface area contributed by atoms with Gasteiger partial charge in [-0.3, -0.25) is 0 Å². The predicted octanol–water partition coefficient (Wildman–Crippen LogP) is 4.23. The van der Waals surface area contributed by atoms with E-state index in [0.29, 0.717) is 6.04 Å². The zero-order chi connectivity index (χ0) is 12.6. The van der Waals surface area contributed by atoms with Crippen molar-refractivity contribution in [1.82, 2.24) is 0 Å². The van der Waals surface area contributed by atoms with Crippen molar-refractivity contribution in [2.75, 3.05) is 0 Å². The first kappa shape index (κ1) is 13.4. The van der Waals surface area contributed by atoms with Gasteiger partial charge in [0.2, 0.25) is 0 Å². The molecule has 1 unspecified atom stereocenters. The van der Waals surface area contributed by atoms with Gasteiger partial charge in [-0.05, 0) is 50.5 Å². The van der Waals surface area contributed by atoms with Gasteiger partial charge in [0.15, 0.2) is 0 Å². The monoisotopic (exact) mass is 243 g/mol. The first-order valence-electron chi connectivity index (χ1n) is 7.34. The maximum Gasteiger partial charge on any atom is 0.0253 e. The quantitative estimate of drug-likeness (QED) is 0.770. The second-order valence-electron chi connectivity index (χ2n) is 5.36. The maximum atomic E-state index is 6.31. The molecule has 1 nitrogen and oxygen atoms in total. The number of hydrogen-bond donors (Lipinski definition) is 1. The molecular weight excluding hydrogens is 218 g/mol. The summed E-state index contributed by atoms with van der Waals surface area (Å²) < 4.78 is 0. The molecule has 2 rings (SSSR count). The number of rotatable bonds is 5. The summed E-state index contributed by atoms with van der Waals surface area (Å²) in [5.41, 5.74) is 9.26. The summed E-state index contributed by atoms with van der Waals surface area (Å²) in [4.78, 5) is 0. The van der Waals surface area contributed by atoms with Gasteiger partial charge < -0.3 is 5.73 Å². The summed E-state index contributed by atoms with van der Waals surface area (Å²) in [6.45, 7) is 0. The van der Waals surface area contributed by atoms with Crippen molar-refractivity contribution in [3.63, 3.8) is 0 Å². The van der Waals surface area contributed by atoms with Crippen molar-refractivity contribution in [1.29, 1.82) is 0 Å². The molecule has 0 aromatic heterocycles. The molecule has 0 amide bonds. The van der Waals surface area contributed by atoms with Crippen LogP contribution in [0, 0.1) is 0 Å². The van der Waals surface area contributed by atoms with Gasteiger partial charge in [0.25, 0.3) is 0 Å². The molecule has 0 fully saturated rings. The van der Waals surface area contributed by atoms with Crippen molar-refractivity contribution in [2.24, 2.45) is 5.73 Å². The molecule has 0 saturated heterocycles. The van der Waals surface area contributed by atoms with Gasteiger partial charge in [-0.15, -0.1) is 0 Å². The van der Waals surface area contributed by atoms with Gasteiger partial charge in [-0.1, -0.05) is 48.4 Å². The van der Waals surface area contributed by atoms with Crippen molar-refractivity contribution >= 4 is 0 Å². The minimum absolute atomic E-state index is 0.298. The molecule has 0 aliphatic heterocycles. The Morgan fingerprint density at radius 1 is 1.06 bits per heavy atom. The summed E-state index contributed by atoms with van der Waals surface area (Å²) in [6, 6.07) is 11.0. The lowest BCUT2D eigenvalue weighted by Gasteiger charge is -2.15. The highest BCUT2D eigenvalue weighted by atomic mass is 14.6. The lowest BCUT2D eigenvalue weighted by Crippen LogP contribution is -2.22. The molecule has 98 valence electrons. The molecule has 1 aromatic rings. The van der Waals surface area contributed by atoms with Crippen LogP contribution < -0.4 is 5.73 Å². The third kappa shape index (κ3) is 4.30. The molecule has 1 heteroatoms. The maximum absolute atomic E-state index is 6.31. The largest absolute Gasteiger partial charge is 0.324 e. The minimum Gasteiger partial charge on any atom is -0.324 e. The van der Waals surface area contributed by atoms with Crippen LogP contribution in [0.25, 0.3) is 0 Å². The molecule has 0 heterocycles. The number of benzene rings is 1. The molecule has 2 N–H and O–H groups in total. The predicted molar refractivity (Wildman–Crippen MR) is 78.5 cm³/mol. The number of nitrogens with two attached hydrogens (primary N) is 1. The zero-order valence-corrected chi connectivity index (χ0v) is 11.3. The molecule has 1 aliphatic carbocycles. The molecular formula is C17H25N. The van der Waals surface area contributed by atoms with Crippen LogP contribution in [0.1, 0.15) is 50.5 Å². The molecule has 1 atom stereocenters. The molecule has 18 heavy (non-hydrogen) atoms. The van der Waals surface area contributed by atoms with E-state index >= 15 is 0 Å². The minimum atomic E-state index is 0.298. The number of allylic oxidation sites excluding steroid dienone is 1. The fourth-order valence-electron chi connectivity index (χ4n) is 2.73. The summed E-state index contributed by atoms with van der Waals surface area (Å²) in [6.07, 6.45) is 12.4. The van der Waals surface area contributed by atoms with E-state index in [9.17, 15) is 0 Å². The topological polar surface area (TPSA) is 26.0 Å². The van der Waals surface area contributed by atoms with Crippen LogP contribution in [0.15, 0.2) is 42.0 Å². The van der Waals surface area contributed by atoms with Crippen molar-refractivity contribution in [3.05, 3.63) is 47.5 Å². The van der Waals surface area contributed by atoms with Gasteiger partial charge in [0, 0.05) is 6.04 Å². The fraction of sp³-hybridized carbons (Fsp3) is 0.529. The Bertz CT molecular complexity index is 366. The Balaban J connectivity index is 1.74. The average Bonchev–Trinajstić information content (AvgIpc) is 2.69. The van der Waals surface area contributed by atoms with Crippen LogP contribution in [-0.2, 0) is 6.42 Å². The van der Waals surface area contributed by atoms with Crippen LogP contribution in [0.5, 0.6) is 0 Å². The van der Waals surface area contributed by atoms with Gasteiger partial charge in [0.05, 0.1) is 0 Å². The standard InChI is InChI=1S/C17H25N/c18-17(16-12-6-1-2-7-13-16)14-8-11-15-9-4-3-5-10-15/h3-5,9-10,12,17H,1-2,6-8,11,13-14,18H2. The van der Waals surface area contributed by atoms with Gasteiger partial charge in [-0.25, -0.2) is 0 Å². The van der Waals surface area contributed by atoms with E-state index in [1.165, 1.54) is 49.7 Å². The van der Waals surface area contributed by atoms with Gasteiger partial charge in [0.1, 0.15) is 0 Å². The summed E-state index contributed by atoms with van der Waals surface area (Å²) >= 11 is 0. The van der Waals surface area contributed by atoms with Gasteiger partial charge >= 0.3 is 0 Å². The number of aryl methyl sites for hydroxylation is 1. The molecule has 1 aliphatic rings. The third-order valence-corrected chi connectivity index (χ3v) is 3.88. The Hall–Kier alpha value is -1.08. The van der Waals surface area contributed by atoms with Crippen LogP contribution in [0.2, 0.25) is 0 Å². The van der Waals surface area contributed by atoms with E-state index in [2.05, 4.69) is 36.4 Å². The smallest absolute Gasteiger partial charge is 0.0253 e. The summed E-state index contributed by atoms with van der Waals surface area (Å²) in [5.74, 6) is 0. The Labute approximate surface area is 111 Å². The average molecular weight is 243 g/mol. The van der Waals surface area contributed by atoms with E-state index in [1.54, 1.807) is 0 Å². The highest BCUT2D eigenvalue weighted by Gasteiger charge is 2.10.